The third-order valence-corrected chi connectivity index (χ3v) is 4.45. The summed E-state index contributed by atoms with van der Waals surface area (Å²) in [7, 11) is 0. The Morgan fingerprint density at radius 2 is 1.92 bits per heavy atom. The van der Waals surface area contributed by atoms with Crippen molar-refractivity contribution in [2.75, 3.05) is 10.6 Å². The minimum atomic E-state index is -0.110. The number of carbonyl (C=O) groups is 1. The molecule has 0 aliphatic heterocycles. The molecular formula is C18H14N6OS. The van der Waals surface area contributed by atoms with Crippen molar-refractivity contribution >= 4 is 34.4 Å². The molecule has 0 aliphatic rings. The van der Waals surface area contributed by atoms with Crippen molar-refractivity contribution in [3.8, 4) is 5.82 Å². The topological polar surface area (TPSA) is 84.7 Å². The molecule has 128 valence electrons. The summed E-state index contributed by atoms with van der Waals surface area (Å²) in [5.41, 5.74) is 1.59. The molecule has 2 N–H and O–H groups in total. The van der Waals surface area contributed by atoms with Crippen molar-refractivity contribution in [1.29, 1.82) is 0 Å². The molecule has 0 saturated carbocycles. The third kappa shape index (κ3) is 3.60. The summed E-state index contributed by atoms with van der Waals surface area (Å²) in [6.07, 6.45) is 6.68. The first-order valence-corrected chi connectivity index (χ1v) is 8.68. The van der Waals surface area contributed by atoms with Crippen molar-refractivity contribution in [1.82, 2.24) is 19.5 Å². The zero-order valence-electron chi connectivity index (χ0n) is 13.5. The molecule has 0 radical (unpaired) electrons. The van der Waals surface area contributed by atoms with Gasteiger partial charge in [0.25, 0.3) is 5.91 Å². The van der Waals surface area contributed by atoms with Crippen LogP contribution in [0.25, 0.3) is 5.82 Å². The molecule has 0 unspecified atom stereocenters. The zero-order chi connectivity index (χ0) is 17.8. The van der Waals surface area contributed by atoms with Crippen LogP contribution in [0.15, 0.2) is 72.9 Å². The lowest BCUT2D eigenvalue weighted by Crippen LogP contribution is -2.09. The first kappa shape index (κ1) is 16.0. The molecule has 4 aromatic rings. The maximum atomic E-state index is 12.1. The van der Waals surface area contributed by atoms with E-state index in [2.05, 4.69) is 25.6 Å². The number of nitrogens with one attached hydrogen (secondary N) is 2. The predicted molar refractivity (Wildman–Crippen MR) is 101 cm³/mol. The van der Waals surface area contributed by atoms with Crippen LogP contribution in [0.4, 0.5) is 17.2 Å². The molecule has 4 rings (SSSR count). The normalized spacial score (nSPS) is 10.5. The van der Waals surface area contributed by atoms with Crippen LogP contribution in [0.2, 0.25) is 0 Å². The fourth-order valence-electron chi connectivity index (χ4n) is 2.34. The first-order valence-electron chi connectivity index (χ1n) is 7.80. The van der Waals surface area contributed by atoms with E-state index in [0.717, 1.165) is 17.2 Å². The van der Waals surface area contributed by atoms with E-state index >= 15 is 0 Å². The molecule has 1 amide bonds. The van der Waals surface area contributed by atoms with Crippen LogP contribution < -0.4 is 10.6 Å². The largest absolute Gasteiger partial charge is 0.340 e. The average molecular weight is 362 g/mol. The van der Waals surface area contributed by atoms with E-state index in [1.54, 1.807) is 23.2 Å². The molecule has 3 heterocycles. The molecule has 8 heteroatoms. The van der Waals surface area contributed by atoms with E-state index in [4.69, 9.17) is 0 Å². The fraction of sp³-hybridized carbons (Fsp3) is 0. The quantitative estimate of drug-likeness (QED) is 0.565. The Balaban J connectivity index is 1.44. The van der Waals surface area contributed by atoms with E-state index < -0.39 is 0 Å². The van der Waals surface area contributed by atoms with Gasteiger partial charge in [-0.2, -0.15) is 0 Å². The van der Waals surface area contributed by atoms with Crippen LogP contribution in [0.3, 0.4) is 0 Å². The summed E-state index contributed by atoms with van der Waals surface area (Å²) >= 11 is 1.41. The van der Waals surface area contributed by atoms with Gasteiger partial charge in [0.1, 0.15) is 24.3 Å². The second kappa shape index (κ2) is 7.16. The maximum Gasteiger partial charge on any atom is 0.265 e. The van der Waals surface area contributed by atoms with Gasteiger partial charge < -0.3 is 10.6 Å². The molecule has 1 aromatic carbocycles. The van der Waals surface area contributed by atoms with Gasteiger partial charge in [-0.1, -0.05) is 6.07 Å². The summed E-state index contributed by atoms with van der Waals surface area (Å²) < 4.78 is 1.80. The Labute approximate surface area is 153 Å². The average Bonchev–Trinajstić information content (AvgIpc) is 3.38. The number of thiophene rings is 1. The SMILES string of the molecule is O=C(Nc1ccc(Nc2cc(-n3ccnc3)ncn2)cc1)c1cccs1. The van der Waals surface area contributed by atoms with Gasteiger partial charge in [-0.25, -0.2) is 15.0 Å². The Morgan fingerprint density at radius 1 is 1.08 bits per heavy atom. The molecular weight excluding hydrogens is 348 g/mol. The number of benzene rings is 1. The Morgan fingerprint density at radius 3 is 2.65 bits per heavy atom. The predicted octanol–water partition coefficient (Wildman–Crippen LogP) is 3.72. The smallest absolute Gasteiger partial charge is 0.265 e. The second-order valence-corrected chi connectivity index (χ2v) is 6.31. The Hall–Kier alpha value is -3.52. The molecule has 26 heavy (non-hydrogen) atoms. The minimum absolute atomic E-state index is 0.110. The van der Waals surface area contributed by atoms with Gasteiger partial charge in [0.2, 0.25) is 0 Å². The van der Waals surface area contributed by atoms with E-state index in [9.17, 15) is 4.79 Å². The van der Waals surface area contributed by atoms with E-state index in [1.165, 1.54) is 17.7 Å². The number of hydrogen-bond donors (Lipinski definition) is 2. The van der Waals surface area contributed by atoms with Gasteiger partial charge >= 0.3 is 0 Å². The van der Waals surface area contributed by atoms with Crippen molar-refractivity contribution in [2.45, 2.75) is 0 Å². The van der Waals surface area contributed by atoms with Crippen molar-refractivity contribution in [2.24, 2.45) is 0 Å². The minimum Gasteiger partial charge on any atom is -0.340 e. The number of rotatable bonds is 5. The molecule has 0 fully saturated rings. The number of aromatic nitrogens is 4. The molecule has 3 aromatic heterocycles. The van der Waals surface area contributed by atoms with E-state index in [-0.39, 0.29) is 5.91 Å². The Bertz CT molecular complexity index is 997. The zero-order valence-corrected chi connectivity index (χ0v) is 14.4. The second-order valence-electron chi connectivity index (χ2n) is 5.37. The van der Waals surface area contributed by atoms with Crippen LogP contribution in [0.1, 0.15) is 9.67 Å². The van der Waals surface area contributed by atoms with E-state index in [0.29, 0.717) is 10.7 Å². The number of anilines is 3. The third-order valence-electron chi connectivity index (χ3n) is 3.58. The lowest BCUT2D eigenvalue weighted by molar-refractivity contribution is 0.103. The van der Waals surface area contributed by atoms with Crippen LogP contribution >= 0.6 is 11.3 Å². The monoisotopic (exact) mass is 362 g/mol. The van der Waals surface area contributed by atoms with Gasteiger partial charge in [0.15, 0.2) is 0 Å². The highest BCUT2D eigenvalue weighted by atomic mass is 32.1. The van der Waals surface area contributed by atoms with Crippen LogP contribution in [0.5, 0.6) is 0 Å². The number of carbonyl (C=O) groups excluding carboxylic acids is 1. The molecule has 0 saturated heterocycles. The van der Waals surface area contributed by atoms with E-state index in [1.807, 2.05) is 48.0 Å². The maximum absolute atomic E-state index is 12.1. The van der Waals surface area contributed by atoms with Crippen LogP contribution in [-0.2, 0) is 0 Å². The van der Waals surface area contributed by atoms with Gasteiger partial charge in [0.05, 0.1) is 4.88 Å². The van der Waals surface area contributed by atoms with Gasteiger partial charge in [-0.15, -0.1) is 11.3 Å². The van der Waals surface area contributed by atoms with Gasteiger partial charge in [-0.3, -0.25) is 9.36 Å². The highest BCUT2D eigenvalue weighted by molar-refractivity contribution is 7.12. The lowest BCUT2D eigenvalue weighted by Gasteiger charge is -2.09. The van der Waals surface area contributed by atoms with Crippen molar-refractivity contribution in [3.05, 3.63) is 77.8 Å². The molecule has 0 spiro atoms. The number of nitrogens with zero attached hydrogens (tertiary/aromatic N) is 4. The summed E-state index contributed by atoms with van der Waals surface area (Å²) in [6.45, 7) is 0. The molecule has 0 bridgehead atoms. The number of amides is 1. The van der Waals surface area contributed by atoms with Crippen LogP contribution in [0, 0.1) is 0 Å². The highest BCUT2D eigenvalue weighted by Gasteiger charge is 2.07. The number of imidazole rings is 1. The summed E-state index contributed by atoms with van der Waals surface area (Å²) in [5.74, 6) is 1.28. The first-order chi connectivity index (χ1) is 12.8. The lowest BCUT2D eigenvalue weighted by atomic mass is 10.2. The van der Waals surface area contributed by atoms with Gasteiger partial charge in [-0.05, 0) is 35.7 Å². The molecule has 0 aliphatic carbocycles. The van der Waals surface area contributed by atoms with Gasteiger partial charge in [0, 0.05) is 29.8 Å². The summed E-state index contributed by atoms with van der Waals surface area (Å²) in [4.78, 5) is 25.2. The van der Waals surface area contributed by atoms with Crippen LogP contribution in [-0.4, -0.2) is 25.4 Å². The number of hydrogen-bond acceptors (Lipinski definition) is 6. The molecule has 0 atom stereocenters. The highest BCUT2D eigenvalue weighted by Crippen LogP contribution is 2.19. The van der Waals surface area contributed by atoms with Crippen molar-refractivity contribution < 1.29 is 4.79 Å². The summed E-state index contributed by atoms with van der Waals surface area (Å²) in [5, 5.41) is 7.97. The summed E-state index contributed by atoms with van der Waals surface area (Å²) in [6, 6.07) is 12.9. The fourth-order valence-corrected chi connectivity index (χ4v) is 2.96. The standard InChI is InChI=1S/C18H14N6OS/c25-18(15-2-1-9-26-15)23-14-5-3-13(4-6-14)22-16-10-17(21-11-20-16)24-8-7-19-12-24/h1-12H,(H,23,25)(H,20,21,22). The van der Waals surface area contributed by atoms with Crippen molar-refractivity contribution in [3.63, 3.8) is 0 Å². The molecule has 7 nitrogen and oxygen atoms in total. The Kier molecular flexibility index (Phi) is 4.40.